The predicted octanol–water partition coefficient (Wildman–Crippen LogP) is 3.51. The minimum Gasteiger partial charge on any atom is -0.493 e. The van der Waals surface area contributed by atoms with E-state index in [1.807, 2.05) is 61.5 Å². The molecular weight excluding hydrogens is 356 g/mol. The Morgan fingerprint density at radius 2 is 1.89 bits per heavy atom. The summed E-state index contributed by atoms with van der Waals surface area (Å²) in [7, 11) is 0. The van der Waals surface area contributed by atoms with Crippen molar-refractivity contribution in [2.45, 2.75) is 19.4 Å². The normalized spacial score (nSPS) is 19.4. The lowest BCUT2D eigenvalue weighted by atomic mass is 9.88. The third kappa shape index (κ3) is 2.94. The second kappa shape index (κ2) is 7.26. The van der Waals surface area contributed by atoms with E-state index < -0.39 is 11.8 Å². The van der Waals surface area contributed by atoms with Crippen LogP contribution in [0.5, 0.6) is 5.88 Å². The van der Waals surface area contributed by atoms with Gasteiger partial charge in [-0.15, -0.1) is 10.2 Å². The molecule has 2 atom stereocenters. The molecule has 1 aromatic heterocycles. The summed E-state index contributed by atoms with van der Waals surface area (Å²) in [6, 6.07) is 16.8. The van der Waals surface area contributed by atoms with Gasteiger partial charge in [-0.25, -0.2) is 0 Å². The molecule has 0 spiro atoms. The monoisotopic (exact) mass is 376 g/mol. The average molecular weight is 376 g/mol. The van der Waals surface area contributed by atoms with Crippen molar-refractivity contribution >= 4 is 28.4 Å². The number of para-hydroxylation sites is 1. The third-order valence-electron chi connectivity index (χ3n) is 5.16. The summed E-state index contributed by atoms with van der Waals surface area (Å²) in [5.41, 5.74) is 1.95. The first-order chi connectivity index (χ1) is 13.6. The Morgan fingerprint density at radius 3 is 2.64 bits per heavy atom. The van der Waals surface area contributed by atoms with Crippen LogP contribution in [0.4, 0.5) is 5.69 Å². The van der Waals surface area contributed by atoms with Crippen LogP contribution in [0.2, 0.25) is 0 Å². The van der Waals surface area contributed by atoms with E-state index in [-0.39, 0.29) is 23.4 Å². The topological polar surface area (TPSA) is 96.0 Å². The Kier molecular flexibility index (Phi) is 4.65. The summed E-state index contributed by atoms with van der Waals surface area (Å²) in [5.74, 6) is -2.22. The van der Waals surface area contributed by atoms with Crippen molar-refractivity contribution in [1.29, 1.82) is 0 Å². The van der Waals surface area contributed by atoms with Gasteiger partial charge in [0, 0.05) is 24.4 Å². The maximum atomic E-state index is 12.7. The Balaban J connectivity index is 1.67. The number of azo groups is 1. The van der Waals surface area contributed by atoms with E-state index in [0.717, 1.165) is 11.1 Å². The van der Waals surface area contributed by atoms with Gasteiger partial charge in [0.05, 0.1) is 5.52 Å². The number of hydrogen-bond donors (Lipinski definition) is 2. The van der Waals surface area contributed by atoms with Gasteiger partial charge in [0.25, 0.3) is 5.91 Å². The standard InChI is InChI=1S/C21H20N4O3/c1-2-25-16-11-7-6-10-14(16)18(21(25)28)23-24-20(27)17-15(12-22-19(17)26)13-8-4-3-5-9-13/h3-11,15,17,28H,2,12H2,1H3,(H,22,26)/t15-,17-/m0/s1. The molecule has 4 rings (SSSR count). The summed E-state index contributed by atoms with van der Waals surface area (Å²) in [6.07, 6.45) is 0. The highest BCUT2D eigenvalue weighted by Gasteiger charge is 2.41. The molecule has 0 bridgehead atoms. The van der Waals surface area contributed by atoms with Gasteiger partial charge in [-0.3, -0.25) is 9.59 Å². The number of rotatable bonds is 4. The number of aryl methyl sites for hydroxylation is 1. The number of aromatic hydroxyl groups is 1. The highest BCUT2D eigenvalue weighted by Crippen LogP contribution is 2.39. The number of nitrogens with zero attached hydrogens (tertiary/aromatic N) is 3. The molecular formula is C21H20N4O3. The minimum atomic E-state index is -0.923. The van der Waals surface area contributed by atoms with Gasteiger partial charge >= 0.3 is 0 Å². The van der Waals surface area contributed by atoms with E-state index in [1.165, 1.54) is 0 Å². The van der Waals surface area contributed by atoms with Gasteiger partial charge in [-0.05, 0) is 18.6 Å². The molecule has 3 aromatic rings. The maximum absolute atomic E-state index is 12.7. The van der Waals surface area contributed by atoms with Gasteiger partial charge in [0.2, 0.25) is 11.8 Å². The zero-order chi connectivity index (χ0) is 19.7. The molecule has 2 aromatic carbocycles. The Morgan fingerprint density at radius 1 is 1.18 bits per heavy atom. The van der Waals surface area contributed by atoms with Crippen molar-refractivity contribution in [1.82, 2.24) is 9.88 Å². The van der Waals surface area contributed by atoms with Crippen molar-refractivity contribution in [2.75, 3.05) is 6.54 Å². The third-order valence-corrected chi connectivity index (χ3v) is 5.16. The van der Waals surface area contributed by atoms with Gasteiger partial charge in [0.1, 0.15) is 5.92 Å². The number of carbonyl (C=O) groups is 2. The zero-order valence-corrected chi connectivity index (χ0v) is 15.4. The second-order valence-corrected chi connectivity index (χ2v) is 6.71. The molecule has 0 aliphatic carbocycles. The van der Waals surface area contributed by atoms with Crippen molar-refractivity contribution < 1.29 is 14.7 Å². The highest BCUT2D eigenvalue weighted by atomic mass is 16.3. The molecule has 2 amide bonds. The Labute approximate surface area is 161 Å². The van der Waals surface area contributed by atoms with Crippen molar-refractivity contribution in [3.63, 3.8) is 0 Å². The first kappa shape index (κ1) is 17.9. The molecule has 0 radical (unpaired) electrons. The second-order valence-electron chi connectivity index (χ2n) is 6.71. The van der Waals surface area contributed by atoms with Gasteiger partial charge in [-0.1, -0.05) is 48.5 Å². The number of aromatic nitrogens is 1. The van der Waals surface area contributed by atoms with Crippen LogP contribution in [0.15, 0.2) is 64.8 Å². The molecule has 0 saturated carbocycles. The number of amides is 2. The maximum Gasteiger partial charge on any atom is 0.277 e. The van der Waals surface area contributed by atoms with Crippen LogP contribution < -0.4 is 5.32 Å². The molecule has 2 N–H and O–H groups in total. The van der Waals surface area contributed by atoms with E-state index in [4.69, 9.17) is 0 Å². The van der Waals surface area contributed by atoms with E-state index in [0.29, 0.717) is 18.5 Å². The Hall–Kier alpha value is -3.48. The molecule has 28 heavy (non-hydrogen) atoms. The van der Waals surface area contributed by atoms with Crippen molar-refractivity contribution in [3.8, 4) is 5.88 Å². The van der Waals surface area contributed by atoms with Gasteiger partial charge in [-0.2, -0.15) is 0 Å². The average Bonchev–Trinajstić information content (AvgIpc) is 3.24. The van der Waals surface area contributed by atoms with Gasteiger partial charge < -0.3 is 15.0 Å². The first-order valence-corrected chi connectivity index (χ1v) is 9.20. The highest BCUT2D eigenvalue weighted by molar-refractivity contribution is 6.03. The van der Waals surface area contributed by atoms with E-state index >= 15 is 0 Å². The van der Waals surface area contributed by atoms with Crippen LogP contribution in [-0.2, 0) is 16.1 Å². The minimum absolute atomic E-state index is 0.0456. The largest absolute Gasteiger partial charge is 0.493 e. The van der Waals surface area contributed by atoms with Crippen LogP contribution in [-0.4, -0.2) is 28.0 Å². The van der Waals surface area contributed by atoms with Gasteiger partial charge in [0.15, 0.2) is 5.69 Å². The molecule has 1 aliphatic rings. The molecule has 7 nitrogen and oxygen atoms in total. The van der Waals surface area contributed by atoms with E-state index in [2.05, 4.69) is 15.5 Å². The smallest absolute Gasteiger partial charge is 0.277 e. The summed E-state index contributed by atoms with van der Waals surface area (Å²) in [6.45, 7) is 2.84. The molecule has 1 saturated heterocycles. The van der Waals surface area contributed by atoms with Crippen molar-refractivity contribution in [3.05, 3.63) is 60.2 Å². The number of carbonyl (C=O) groups excluding carboxylic acids is 2. The molecule has 7 heteroatoms. The lowest BCUT2D eigenvalue weighted by Crippen LogP contribution is -2.25. The summed E-state index contributed by atoms with van der Waals surface area (Å²) in [5, 5.41) is 21.8. The number of fused-ring (bicyclic) bond motifs is 1. The Bertz CT molecular complexity index is 1070. The molecule has 0 unspecified atom stereocenters. The number of nitrogens with one attached hydrogen (secondary N) is 1. The van der Waals surface area contributed by atoms with Crippen LogP contribution in [0.25, 0.3) is 10.9 Å². The summed E-state index contributed by atoms with van der Waals surface area (Å²) < 4.78 is 1.70. The first-order valence-electron chi connectivity index (χ1n) is 9.20. The molecule has 1 fully saturated rings. The molecule has 142 valence electrons. The lowest BCUT2D eigenvalue weighted by Gasteiger charge is -2.13. The van der Waals surface area contributed by atoms with Crippen LogP contribution in [0.1, 0.15) is 18.4 Å². The van der Waals surface area contributed by atoms with Crippen LogP contribution >= 0.6 is 0 Å². The molecule has 1 aliphatic heterocycles. The number of benzene rings is 2. The quantitative estimate of drug-likeness (QED) is 0.539. The predicted molar refractivity (Wildman–Crippen MR) is 104 cm³/mol. The lowest BCUT2D eigenvalue weighted by molar-refractivity contribution is -0.131. The fourth-order valence-corrected chi connectivity index (χ4v) is 3.77. The van der Waals surface area contributed by atoms with E-state index in [1.54, 1.807) is 4.57 Å². The fourth-order valence-electron chi connectivity index (χ4n) is 3.77. The fraction of sp³-hybridized carbons (Fsp3) is 0.238. The van der Waals surface area contributed by atoms with E-state index in [9.17, 15) is 14.7 Å². The molecule has 2 heterocycles. The summed E-state index contributed by atoms with van der Waals surface area (Å²) in [4.78, 5) is 25.0. The van der Waals surface area contributed by atoms with Crippen LogP contribution in [0, 0.1) is 5.92 Å². The number of hydrogen-bond acceptors (Lipinski definition) is 4. The summed E-state index contributed by atoms with van der Waals surface area (Å²) >= 11 is 0. The zero-order valence-electron chi connectivity index (χ0n) is 15.4. The van der Waals surface area contributed by atoms with Crippen LogP contribution in [0.3, 0.4) is 0 Å². The SMILES string of the molecule is CCn1c(O)c(N=NC(=O)[C@@H]2C(=O)NC[C@H]2c2ccccc2)c2ccccc21. The van der Waals surface area contributed by atoms with Crippen molar-refractivity contribution in [2.24, 2.45) is 16.1 Å².